The van der Waals surface area contributed by atoms with Crippen molar-refractivity contribution in [1.29, 1.82) is 0 Å². The van der Waals surface area contributed by atoms with E-state index in [1.807, 2.05) is 0 Å². The van der Waals surface area contributed by atoms with Crippen LogP contribution < -0.4 is 14.8 Å². The minimum Gasteiger partial charge on any atom is -0.484 e. The Morgan fingerprint density at radius 1 is 0.875 bits per heavy atom. The standard InChI is InChI=1S/C16H12F5NO2/c17-11-3-10(4-12(18)6-11)9-1-2-14(23-13-7-22-8-13)15(5-9)24-16(19,20)21/h1-6,13,22H,7-8H2. The summed E-state index contributed by atoms with van der Waals surface area (Å²) in [5.74, 6) is -2.30. The Balaban J connectivity index is 1.97. The van der Waals surface area contributed by atoms with Gasteiger partial charge in [-0.2, -0.15) is 0 Å². The van der Waals surface area contributed by atoms with Gasteiger partial charge in [-0.15, -0.1) is 13.2 Å². The molecule has 1 aliphatic heterocycles. The Hall–Kier alpha value is -2.35. The molecule has 0 spiro atoms. The lowest BCUT2D eigenvalue weighted by molar-refractivity contribution is -0.275. The molecule has 0 aromatic heterocycles. The van der Waals surface area contributed by atoms with E-state index >= 15 is 0 Å². The van der Waals surface area contributed by atoms with Crippen LogP contribution in [0, 0.1) is 11.6 Å². The Labute approximate surface area is 134 Å². The number of hydrogen-bond acceptors (Lipinski definition) is 3. The van der Waals surface area contributed by atoms with E-state index in [1.165, 1.54) is 12.1 Å². The van der Waals surface area contributed by atoms with Crippen molar-refractivity contribution in [2.45, 2.75) is 12.5 Å². The van der Waals surface area contributed by atoms with Gasteiger partial charge in [0, 0.05) is 19.2 Å². The molecule has 0 bridgehead atoms. The highest BCUT2D eigenvalue weighted by Gasteiger charge is 2.33. The summed E-state index contributed by atoms with van der Waals surface area (Å²) in [5, 5.41) is 2.93. The van der Waals surface area contributed by atoms with Crippen LogP contribution in [0.3, 0.4) is 0 Å². The van der Waals surface area contributed by atoms with Gasteiger partial charge in [-0.1, -0.05) is 6.07 Å². The van der Waals surface area contributed by atoms with Crippen LogP contribution >= 0.6 is 0 Å². The molecule has 0 unspecified atom stereocenters. The van der Waals surface area contributed by atoms with Crippen LogP contribution in [0.4, 0.5) is 22.0 Å². The molecule has 1 heterocycles. The maximum absolute atomic E-state index is 13.3. The van der Waals surface area contributed by atoms with E-state index in [1.54, 1.807) is 0 Å². The van der Waals surface area contributed by atoms with Gasteiger partial charge in [0.15, 0.2) is 11.5 Å². The van der Waals surface area contributed by atoms with Gasteiger partial charge in [-0.3, -0.25) is 0 Å². The minimum absolute atomic E-state index is 0.0838. The fraction of sp³-hybridized carbons (Fsp3) is 0.250. The Kier molecular flexibility index (Phi) is 4.31. The largest absolute Gasteiger partial charge is 0.573 e. The fourth-order valence-electron chi connectivity index (χ4n) is 2.24. The summed E-state index contributed by atoms with van der Waals surface area (Å²) in [6.07, 6.45) is -5.17. The summed E-state index contributed by atoms with van der Waals surface area (Å²) < 4.78 is 73.9. The molecule has 8 heteroatoms. The molecule has 0 atom stereocenters. The van der Waals surface area contributed by atoms with Gasteiger partial charge in [-0.05, 0) is 35.4 Å². The van der Waals surface area contributed by atoms with Crippen LogP contribution in [0.2, 0.25) is 0 Å². The first kappa shape index (κ1) is 16.5. The van der Waals surface area contributed by atoms with Gasteiger partial charge in [-0.25, -0.2) is 8.78 Å². The molecule has 128 valence electrons. The topological polar surface area (TPSA) is 30.5 Å². The maximum Gasteiger partial charge on any atom is 0.573 e. The Morgan fingerprint density at radius 2 is 1.54 bits per heavy atom. The van der Waals surface area contributed by atoms with Crippen LogP contribution in [0.15, 0.2) is 36.4 Å². The molecule has 0 radical (unpaired) electrons. The number of nitrogens with one attached hydrogen (secondary N) is 1. The molecule has 3 rings (SSSR count). The normalized spacial score (nSPS) is 15.0. The van der Waals surface area contributed by atoms with Gasteiger partial charge < -0.3 is 14.8 Å². The smallest absolute Gasteiger partial charge is 0.484 e. The van der Waals surface area contributed by atoms with Crippen LogP contribution in [0.1, 0.15) is 0 Å². The quantitative estimate of drug-likeness (QED) is 0.853. The molecule has 1 N–H and O–H groups in total. The molecule has 2 aromatic carbocycles. The van der Waals surface area contributed by atoms with E-state index in [4.69, 9.17) is 4.74 Å². The number of ether oxygens (including phenoxy) is 2. The predicted octanol–water partition coefficient (Wildman–Crippen LogP) is 3.88. The van der Waals surface area contributed by atoms with Gasteiger partial charge in [0.1, 0.15) is 17.7 Å². The van der Waals surface area contributed by atoms with Gasteiger partial charge >= 0.3 is 6.36 Å². The molecule has 3 nitrogen and oxygen atoms in total. The van der Waals surface area contributed by atoms with Crippen molar-refractivity contribution in [3.05, 3.63) is 48.0 Å². The molecule has 24 heavy (non-hydrogen) atoms. The van der Waals surface area contributed by atoms with Crippen molar-refractivity contribution >= 4 is 0 Å². The van der Waals surface area contributed by atoms with E-state index in [9.17, 15) is 22.0 Å². The lowest BCUT2D eigenvalue weighted by Gasteiger charge is -2.28. The van der Waals surface area contributed by atoms with Crippen molar-refractivity contribution in [3.8, 4) is 22.6 Å². The SMILES string of the molecule is Fc1cc(F)cc(-c2ccc(OC3CNC3)c(OC(F)(F)F)c2)c1. The summed E-state index contributed by atoms with van der Waals surface area (Å²) >= 11 is 0. The molecule has 2 aromatic rings. The molecular formula is C16H12F5NO2. The zero-order valence-corrected chi connectivity index (χ0v) is 12.2. The summed E-state index contributed by atoms with van der Waals surface area (Å²) in [6, 6.07) is 6.47. The summed E-state index contributed by atoms with van der Waals surface area (Å²) in [5.41, 5.74) is 0.267. The zero-order valence-electron chi connectivity index (χ0n) is 12.2. The van der Waals surface area contributed by atoms with Crippen molar-refractivity contribution in [3.63, 3.8) is 0 Å². The van der Waals surface area contributed by atoms with Crippen molar-refractivity contribution in [1.82, 2.24) is 5.32 Å². The van der Waals surface area contributed by atoms with Crippen LogP contribution in [0.5, 0.6) is 11.5 Å². The molecular weight excluding hydrogens is 333 g/mol. The Morgan fingerprint density at radius 3 is 2.08 bits per heavy atom. The van der Waals surface area contributed by atoms with Crippen LogP contribution in [0.25, 0.3) is 11.1 Å². The van der Waals surface area contributed by atoms with E-state index < -0.39 is 23.7 Å². The summed E-state index contributed by atoms with van der Waals surface area (Å²) in [7, 11) is 0. The molecule has 0 aliphatic carbocycles. The number of halogens is 5. The number of benzene rings is 2. The molecule has 1 saturated heterocycles. The molecule has 1 fully saturated rings. The van der Waals surface area contributed by atoms with E-state index in [2.05, 4.69) is 10.1 Å². The average molecular weight is 345 g/mol. The lowest BCUT2D eigenvalue weighted by Crippen LogP contribution is -2.50. The molecule has 0 amide bonds. The lowest BCUT2D eigenvalue weighted by atomic mass is 10.0. The van der Waals surface area contributed by atoms with Crippen molar-refractivity contribution in [2.75, 3.05) is 13.1 Å². The predicted molar refractivity (Wildman–Crippen MR) is 75.8 cm³/mol. The third-order valence-electron chi connectivity index (χ3n) is 3.40. The summed E-state index contributed by atoms with van der Waals surface area (Å²) in [4.78, 5) is 0. The van der Waals surface area contributed by atoms with Gasteiger partial charge in [0.25, 0.3) is 0 Å². The second-order valence-electron chi connectivity index (χ2n) is 5.27. The first-order valence-corrected chi connectivity index (χ1v) is 7.04. The van der Waals surface area contributed by atoms with Crippen molar-refractivity contribution in [2.24, 2.45) is 0 Å². The van der Waals surface area contributed by atoms with Crippen molar-refractivity contribution < 1.29 is 31.4 Å². The number of alkyl halides is 3. The second kappa shape index (κ2) is 6.27. The van der Waals surface area contributed by atoms with E-state index in [0.717, 1.165) is 18.2 Å². The van der Waals surface area contributed by atoms with Gasteiger partial charge in [0.2, 0.25) is 0 Å². The summed E-state index contributed by atoms with van der Waals surface area (Å²) in [6.45, 7) is 1.03. The average Bonchev–Trinajstić information content (AvgIpc) is 2.41. The highest BCUT2D eigenvalue weighted by Crippen LogP contribution is 2.37. The maximum atomic E-state index is 13.3. The number of rotatable bonds is 4. The second-order valence-corrected chi connectivity index (χ2v) is 5.27. The first-order valence-electron chi connectivity index (χ1n) is 7.04. The van der Waals surface area contributed by atoms with Gasteiger partial charge in [0.05, 0.1) is 0 Å². The monoisotopic (exact) mass is 345 g/mol. The first-order chi connectivity index (χ1) is 11.3. The van der Waals surface area contributed by atoms with E-state index in [-0.39, 0.29) is 23.0 Å². The third kappa shape index (κ3) is 3.94. The number of hydrogen-bond donors (Lipinski definition) is 1. The van der Waals surface area contributed by atoms with E-state index in [0.29, 0.717) is 19.2 Å². The zero-order chi connectivity index (χ0) is 17.3. The van der Waals surface area contributed by atoms with Crippen LogP contribution in [-0.4, -0.2) is 25.6 Å². The van der Waals surface area contributed by atoms with Crippen LogP contribution in [-0.2, 0) is 0 Å². The molecule has 0 saturated carbocycles. The minimum atomic E-state index is -4.91. The fourth-order valence-corrected chi connectivity index (χ4v) is 2.24. The third-order valence-corrected chi connectivity index (χ3v) is 3.40. The Bertz CT molecular complexity index is 723. The highest BCUT2D eigenvalue weighted by atomic mass is 19.4. The molecule has 1 aliphatic rings. The highest BCUT2D eigenvalue weighted by molar-refractivity contribution is 5.67.